The van der Waals surface area contributed by atoms with Gasteiger partial charge in [0.25, 0.3) is 6.21 Å². The van der Waals surface area contributed by atoms with Gasteiger partial charge in [-0.25, -0.2) is 0 Å². The lowest BCUT2D eigenvalue weighted by atomic mass is 10.9. The minimum Gasteiger partial charge on any atom is -0.172 e. The van der Waals surface area contributed by atoms with Gasteiger partial charge in [-0.15, -0.1) is 22.2 Å². The molecule has 5 heteroatoms. The van der Waals surface area contributed by atoms with E-state index in [1.807, 2.05) is 0 Å². The quantitative estimate of drug-likeness (QED) is 0.406. The lowest BCUT2D eigenvalue weighted by Crippen LogP contribution is -2.46. The number of hydrogen-bond donors (Lipinski definition) is 0. The topological polar surface area (TPSA) is 0 Å². The Balaban J connectivity index is 2.43. The first kappa shape index (κ1) is 6.42. The second-order valence-corrected chi connectivity index (χ2v) is 19.9. The third-order valence-electron chi connectivity index (χ3n) is 1.19. The minimum absolute atomic E-state index is 1.04. The Morgan fingerprint density at radius 1 is 1.43 bits per heavy atom. The summed E-state index contributed by atoms with van der Waals surface area (Å²) in [7, 11) is -1.04. The van der Waals surface area contributed by atoms with Crippen LogP contribution >= 0.6 is 33.2 Å². The smallest absolute Gasteiger partial charge is 0.172 e. The summed E-state index contributed by atoms with van der Waals surface area (Å²) in [5.74, 6) is 0. The Bertz CT molecular complexity index is 83.0. The maximum Gasteiger partial charge on any atom is 0.252 e. The Morgan fingerprint density at radius 3 is 1.86 bits per heavy atom. The van der Waals surface area contributed by atoms with Gasteiger partial charge in [0.05, 0.1) is 0 Å². The molecule has 1 rings (SSSR count). The second kappa shape index (κ2) is 1.92. The predicted molar refractivity (Wildman–Crippen MR) is 40.1 cm³/mol. The molecule has 0 aromatic carbocycles. The van der Waals surface area contributed by atoms with Crippen LogP contribution in [0.4, 0.5) is 0 Å². The molecule has 1 heterocycles. The lowest BCUT2D eigenvalue weighted by Gasteiger charge is -2.30. The molecule has 1 saturated heterocycles. The number of rotatable bonds is 0. The SMILES string of the molecule is Cl[SiH]1CC[Si]1(Cl)Cl. The maximum absolute atomic E-state index is 5.79. The molecular formula is C2H5Cl3Si2. The van der Waals surface area contributed by atoms with Gasteiger partial charge in [0, 0.05) is 0 Å². The Hall–Kier alpha value is 1.30. The van der Waals surface area contributed by atoms with Crippen molar-refractivity contribution in [2.75, 3.05) is 0 Å². The van der Waals surface area contributed by atoms with Gasteiger partial charge in [-0.1, -0.05) is 0 Å². The van der Waals surface area contributed by atoms with Crippen molar-refractivity contribution in [1.82, 2.24) is 0 Å². The first-order valence-electron chi connectivity index (χ1n) is 2.15. The second-order valence-electron chi connectivity index (χ2n) is 1.77. The first-order valence-corrected chi connectivity index (χ1v) is 10.7. The molecule has 0 aliphatic carbocycles. The molecule has 42 valence electrons. The van der Waals surface area contributed by atoms with Crippen LogP contribution in [0.25, 0.3) is 0 Å². The molecule has 1 unspecified atom stereocenters. The van der Waals surface area contributed by atoms with E-state index in [4.69, 9.17) is 33.2 Å². The van der Waals surface area contributed by atoms with Crippen molar-refractivity contribution >= 4 is 47.1 Å². The molecule has 0 aromatic rings. The molecule has 1 fully saturated rings. The van der Waals surface area contributed by atoms with Gasteiger partial charge < -0.3 is 0 Å². The van der Waals surface area contributed by atoms with Gasteiger partial charge in [0.1, 0.15) is 0 Å². The molecule has 0 nitrogen and oxygen atoms in total. The summed E-state index contributed by atoms with van der Waals surface area (Å²) in [5, 5.41) is 0. The van der Waals surface area contributed by atoms with E-state index in [-0.39, 0.29) is 0 Å². The minimum atomic E-state index is -1.71. The molecule has 1 atom stereocenters. The summed E-state index contributed by atoms with van der Waals surface area (Å²) in [5.41, 5.74) is 0. The zero-order chi connectivity index (χ0) is 5.49. The van der Waals surface area contributed by atoms with Gasteiger partial charge in [0.15, 0.2) is 7.62 Å². The zero-order valence-corrected chi connectivity index (χ0v) is 8.05. The van der Waals surface area contributed by atoms with E-state index >= 15 is 0 Å². The van der Waals surface area contributed by atoms with E-state index in [0.717, 1.165) is 12.1 Å². The molecule has 0 saturated carbocycles. The fraction of sp³-hybridized carbons (Fsp3) is 1.00. The van der Waals surface area contributed by atoms with Crippen molar-refractivity contribution in [2.24, 2.45) is 0 Å². The molecule has 0 spiro atoms. The van der Waals surface area contributed by atoms with E-state index in [1.54, 1.807) is 0 Å². The van der Waals surface area contributed by atoms with Gasteiger partial charge in [-0.3, -0.25) is 0 Å². The Morgan fingerprint density at radius 2 is 1.86 bits per heavy atom. The molecule has 1 aliphatic rings. The predicted octanol–water partition coefficient (Wildman–Crippen LogP) is 1.96. The molecule has 0 amide bonds. The Labute approximate surface area is 59.3 Å². The largest absolute Gasteiger partial charge is 0.252 e. The van der Waals surface area contributed by atoms with Gasteiger partial charge in [0.2, 0.25) is 0 Å². The third kappa shape index (κ3) is 1.16. The van der Waals surface area contributed by atoms with Crippen molar-refractivity contribution < 1.29 is 0 Å². The summed E-state index contributed by atoms with van der Waals surface area (Å²) < 4.78 is 0. The van der Waals surface area contributed by atoms with E-state index < -0.39 is 13.8 Å². The molecule has 1 aliphatic heterocycles. The van der Waals surface area contributed by atoms with Crippen LogP contribution in [-0.4, -0.2) is 13.8 Å². The summed E-state index contributed by atoms with van der Waals surface area (Å²) in [6.07, 6.45) is -1.71. The average Bonchev–Trinajstić information content (AvgIpc) is 1.63. The van der Waals surface area contributed by atoms with E-state index in [1.165, 1.54) is 0 Å². The number of hydrogen-bond acceptors (Lipinski definition) is 0. The van der Waals surface area contributed by atoms with Crippen LogP contribution in [0.5, 0.6) is 0 Å². The average molecular weight is 192 g/mol. The highest BCUT2D eigenvalue weighted by molar-refractivity contribution is 7.80. The summed E-state index contributed by atoms with van der Waals surface area (Å²) >= 11 is 17.4. The molecular weight excluding hydrogens is 187 g/mol. The summed E-state index contributed by atoms with van der Waals surface area (Å²) in [4.78, 5) is 0. The van der Waals surface area contributed by atoms with Crippen LogP contribution in [0.2, 0.25) is 12.1 Å². The monoisotopic (exact) mass is 190 g/mol. The lowest BCUT2D eigenvalue weighted by molar-refractivity contribution is 1.37. The van der Waals surface area contributed by atoms with Gasteiger partial charge >= 0.3 is 0 Å². The van der Waals surface area contributed by atoms with Crippen LogP contribution < -0.4 is 0 Å². The summed E-state index contributed by atoms with van der Waals surface area (Å²) in [6, 6.07) is 2.19. The van der Waals surface area contributed by atoms with Crippen molar-refractivity contribution in [3.05, 3.63) is 0 Å². The van der Waals surface area contributed by atoms with Crippen molar-refractivity contribution in [1.29, 1.82) is 0 Å². The van der Waals surface area contributed by atoms with Crippen LogP contribution in [0.1, 0.15) is 0 Å². The fourth-order valence-corrected chi connectivity index (χ4v) is 10.1. The van der Waals surface area contributed by atoms with E-state index in [9.17, 15) is 0 Å². The number of halogens is 3. The Kier molecular flexibility index (Phi) is 1.76. The van der Waals surface area contributed by atoms with Crippen LogP contribution in [0, 0.1) is 0 Å². The normalized spacial score (nSPS) is 37.3. The van der Waals surface area contributed by atoms with E-state index in [2.05, 4.69) is 0 Å². The van der Waals surface area contributed by atoms with Gasteiger partial charge in [-0.2, -0.15) is 11.1 Å². The highest BCUT2D eigenvalue weighted by atomic mass is 35.7. The van der Waals surface area contributed by atoms with Crippen molar-refractivity contribution in [3.8, 4) is 0 Å². The standard InChI is InChI=1S/C2H5Cl3Si2/c3-6-1-2-7(6,4)5/h6H,1-2H2. The first-order chi connectivity index (χ1) is 3.13. The van der Waals surface area contributed by atoms with E-state index in [0.29, 0.717) is 0 Å². The van der Waals surface area contributed by atoms with Crippen molar-refractivity contribution in [3.63, 3.8) is 0 Å². The maximum atomic E-state index is 5.79. The molecule has 0 bridgehead atoms. The van der Waals surface area contributed by atoms with Crippen molar-refractivity contribution in [2.45, 2.75) is 12.1 Å². The molecule has 0 N–H and O–H groups in total. The van der Waals surface area contributed by atoms with Crippen LogP contribution in [0.3, 0.4) is 0 Å². The van der Waals surface area contributed by atoms with Gasteiger partial charge in [-0.05, 0) is 12.1 Å². The highest BCUT2D eigenvalue weighted by Crippen LogP contribution is 2.39. The molecule has 0 radical (unpaired) electrons. The fourth-order valence-electron chi connectivity index (χ4n) is 0.472. The molecule has 0 aromatic heterocycles. The molecule has 7 heavy (non-hydrogen) atoms. The zero-order valence-electron chi connectivity index (χ0n) is 3.63. The third-order valence-corrected chi connectivity index (χ3v) is 20.8. The highest BCUT2D eigenvalue weighted by Gasteiger charge is 2.47. The van der Waals surface area contributed by atoms with Crippen LogP contribution in [-0.2, 0) is 0 Å². The summed E-state index contributed by atoms with van der Waals surface area (Å²) in [6.45, 7) is 0. The van der Waals surface area contributed by atoms with Crippen LogP contribution in [0.15, 0.2) is 0 Å².